The van der Waals surface area contributed by atoms with Crippen molar-refractivity contribution in [2.24, 2.45) is 5.92 Å². The molecule has 0 saturated carbocycles. The summed E-state index contributed by atoms with van der Waals surface area (Å²) >= 11 is 2.31. The van der Waals surface area contributed by atoms with Crippen LogP contribution in [0.3, 0.4) is 0 Å². The molecule has 0 bridgehead atoms. The van der Waals surface area contributed by atoms with E-state index in [1.807, 2.05) is 19.9 Å². The Morgan fingerprint density at radius 3 is 2.93 bits per heavy atom. The SMILES string of the molecule is CC(C)C(=O)NCCn1c(Cc2cc3c(cc2I)CCO3)nc2c(N)nc(F)nc21. The van der Waals surface area contributed by atoms with Gasteiger partial charge in [0.15, 0.2) is 17.0 Å². The molecule has 4 rings (SSSR count). The number of fused-ring (bicyclic) bond motifs is 2. The third-order valence-corrected chi connectivity index (χ3v) is 6.04. The number of imidazole rings is 1. The number of nitrogens with zero attached hydrogens (tertiary/aromatic N) is 4. The topological polar surface area (TPSA) is 108 Å². The molecule has 3 heterocycles. The third-order valence-electron chi connectivity index (χ3n) is 5.04. The predicted octanol–water partition coefficient (Wildman–Crippen LogP) is 2.45. The Morgan fingerprint density at radius 1 is 1.37 bits per heavy atom. The number of anilines is 1. The fourth-order valence-electron chi connectivity index (χ4n) is 3.45. The van der Waals surface area contributed by atoms with Gasteiger partial charge in [0.2, 0.25) is 5.91 Å². The molecule has 3 N–H and O–H groups in total. The molecule has 1 aromatic carbocycles. The molecule has 2 aromatic heterocycles. The highest BCUT2D eigenvalue weighted by molar-refractivity contribution is 14.1. The first-order chi connectivity index (χ1) is 14.3. The van der Waals surface area contributed by atoms with Crippen molar-refractivity contribution >= 4 is 45.5 Å². The fraction of sp³-hybridized carbons (Fsp3) is 0.400. The second-order valence-corrected chi connectivity index (χ2v) is 8.66. The van der Waals surface area contributed by atoms with Gasteiger partial charge < -0.3 is 20.4 Å². The number of hydrogen-bond donors (Lipinski definition) is 2. The van der Waals surface area contributed by atoms with Crippen LogP contribution in [0.5, 0.6) is 5.75 Å². The van der Waals surface area contributed by atoms with E-state index in [4.69, 9.17) is 10.5 Å². The first-order valence-electron chi connectivity index (χ1n) is 9.73. The van der Waals surface area contributed by atoms with Gasteiger partial charge in [-0.25, -0.2) is 4.98 Å². The zero-order valence-electron chi connectivity index (χ0n) is 16.7. The van der Waals surface area contributed by atoms with Crippen LogP contribution in [0.4, 0.5) is 10.2 Å². The normalized spacial score (nSPS) is 13.0. The molecule has 158 valence electrons. The number of benzene rings is 1. The zero-order valence-corrected chi connectivity index (χ0v) is 18.9. The number of ether oxygens (including phenoxy) is 1. The van der Waals surface area contributed by atoms with Crippen LogP contribution >= 0.6 is 22.6 Å². The summed E-state index contributed by atoms with van der Waals surface area (Å²) in [5.41, 5.74) is 8.82. The molecular formula is C20H22FIN6O2. The maximum Gasteiger partial charge on any atom is 0.312 e. The van der Waals surface area contributed by atoms with Crippen molar-refractivity contribution in [3.63, 3.8) is 0 Å². The van der Waals surface area contributed by atoms with Crippen LogP contribution in [0, 0.1) is 15.6 Å². The fourth-order valence-corrected chi connectivity index (χ4v) is 4.17. The van der Waals surface area contributed by atoms with Crippen molar-refractivity contribution in [3.05, 3.63) is 38.7 Å². The van der Waals surface area contributed by atoms with Crippen LogP contribution in [0.25, 0.3) is 11.2 Å². The molecule has 1 aliphatic rings. The van der Waals surface area contributed by atoms with Gasteiger partial charge in [-0.15, -0.1) is 0 Å². The minimum absolute atomic E-state index is 0.00398. The van der Waals surface area contributed by atoms with Gasteiger partial charge in [-0.05, 0) is 45.9 Å². The summed E-state index contributed by atoms with van der Waals surface area (Å²) in [6, 6.07) is 4.16. The average molecular weight is 524 g/mol. The minimum atomic E-state index is -0.903. The van der Waals surface area contributed by atoms with E-state index in [0.29, 0.717) is 43.1 Å². The Kier molecular flexibility index (Phi) is 5.76. The molecule has 1 amide bonds. The molecule has 0 fully saturated rings. The Morgan fingerprint density at radius 2 is 2.17 bits per heavy atom. The Bertz CT molecular complexity index is 1130. The highest BCUT2D eigenvalue weighted by Gasteiger charge is 2.20. The van der Waals surface area contributed by atoms with Crippen LogP contribution in [-0.2, 0) is 24.2 Å². The van der Waals surface area contributed by atoms with Crippen molar-refractivity contribution in [2.75, 3.05) is 18.9 Å². The Hall–Kier alpha value is -2.50. The van der Waals surface area contributed by atoms with Crippen LogP contribution in [0.1, 0.15) is 30.8 Å². The van der Waals surface area contributed by atoms with Crippen molar-refractivity contribution in [1.82, 2.24) is 24.8 Å². The minimum Gasteiger partial charge on any atom is -0.493 e. The molecule has 0 spiro atoms. The van der Waals surface area contributed by atoms with E-state index in [2.05, 4.69) is 48.9 Å². The van der Waals surface area contributed by atoms with Gasteiger partial charge in [-0.2, -0.15) is 14.4 Å². The average Bonchev–Trinajstić information content (AvgIpc) is 3.26. The van der Waals surface area contributed by atoms with Crippen molar-refractivity contribution in [1.29, 1.82) is 0 Å². The van der Waals surface area contributed by atoms with Crippen molar-refractivity contribution < 1.29 is 13.9 Å². The molecule has 0 saturated heterocycles. The maximum atomic E-state index is 13.9. The quantitative estimate of drug-likeness (QED) is 0.379. The highest BCUT2D eigenvalue weighted by atomic mass is 127. The van der Waals surface area contributed by atoms with Gasteiger partial charge in [0, 0.05) is 35.4 Å². The molecule has 3 aromatic rings. The summed E-state index contributed by atoms with van der Waals surface area (Å²) in [6.07, 6.45) is 0.495. The van der Waals surface area contributed by atoms with Gasteiger partial charge in [0.25, 0.3) is 0 Å². The molecule has 1 aliphatic heterocycles. The second kappa shape index (κ2) is 8.32. The number of rotatable bonds is 6. The second-order valence-electron chi connectivity index (χ2n) is 7.50. The molecule has 0 radical (unpaired) electrons. The summed E-state index contributed by atoms with van der Waals surface area (Å²) in [5.74, 6) is 1.39. The zero-order chi connectivity index (χ0) is 21.4. The van der Waals surface area contributed by atoms with E-state index in [-0.39, 0.29) is 17.6 Å². The number of carbonyl (C=O) groups is 1. The summed E-state index contributed by atoms with van der Waals surface area (Å²) in [4.78, 5) is 24.0. The number of carbonyl (C=O) groups excluding carboxylic acids is 1. The summed E-state index contributed by atoms with van der Waals surface area (Å²) in [5, 5.41) is 2.87. The molecule has 8 nitrogen and oxygen atoms in total. The van der Waals surface area contributed by atoms with Gasteiger partial charge in [-0.1, -0.05) is 13.8 Å². The lowest BCUT2D eigenvalue weighted by Gasteiger charge is -2.12. The lowest BCUT2D eigenvalue weighted by atomic mass is 10.1. The van der Waals surface area contributed by atoms with Crippen molar-refractivity contribution in [2.45, 2.75) is 33.2 Å². The number of halogens is 2. The largest absolute Gasteiger partial charge is 0.493 e. The molecule has 0 aliphatic carbocycles. The van der Waals surface area contributed by atoms with Crippen LogP contribution < -0.4 is 15.8 Å². The number of amides is 1. The van der Waals surface area contributed by atoms with Crippen LogP contribution in [0.2, 0.25) is 0 Å². The Balaban J connectivity index is 1.70. The molecule has 0 unspecified atom stereocenters. The molecule has 10 heteroatoms. The standard InChI is InChI=1S/C20H22FIN6O2/c1-10(2)19(29)24-4-5-28-15(25-16-17(23)26-20(21)27-18(16)28)9-12-8-14-11(3-6-30-14)7-13(12)22/h7-8,10H,3-6,9H2,1-2H3,(H,24,29)(H2,23,26,27). The maximum absolute atomic E-state index is 13.9. The van der Waals surface area contributed by atoms with E-state index < -0.39 is 6.08 Å². The van der Waals surface area contributed by atoms with E-state index in [9.17, 15) is 9.18 Å². The van der Waals surface area contributed by atoms with Gasteiger partial charge >= 0.3 is 6.08 Å². The summed E-state index contributed by atoms with van der Waals surface area (Å²) in [6.45, 7) is 5.10. The highest BCUT2D eigenvalue weighted by Crippen LogP contribution is 2.31. The monoisotopic (exact) mass is 524 g/mol. The molecule has 0 atom stereocenters. The summed E-state index contributed by atoms with van der Waals surface area (Å²) < 4.78 is 22.5. The number of nitrogens with one attached hydrogen (secondary N) is 1. The van der Waals surface area contributed by atoms with Crippen molar-refractivity contribution in [3.8, 4) is 5.75 Å². The number of nitrogens with two attached hydrogens (primary N) is 1. The van der Waals surface area contributed by atoms with Crippen LogP contribution in [-0.4, -0.2) is 38.6 Å². The summed E-state index contributed by atoms with van der Waals surface area (Å²) in [7, 11) is 0. The molecule has 30 heavy (non-hydrogen) atoms. The first kappa shape index (κ1) is 20.8. The Labute approximate surface area is 186 Å². The van der Waals surface area contributed by atoms with Crippen LogP contribution in [0.15, 0.2) is 12.1 Å². The number of nitrogen functional groups attached to an aromatic ring is 1. The van der Waals surface area contributed by atoms with Gasteiger partial charge in [-0.3, -0.25) is 4.79 Å². The van der Waals surface area contributed by atoms with E-state index in [1.165, 1.54) is 5.56 Å². The smallest absolute Gasteiger partial charge is 0.312 e. The number of hydrogen-bond acceptors (Lipinski definition) is 6. The lowest BCUT2D eigenvalue weighted by molar-refractivity contribution is -0.124. The third kappa shape index (κ3) is 4.05. The predicted molar refractivity (Wildman–Crippen MR) is 119 cm³/mol. The van der Waals surface area contributed by atoms with Gasteiger partial charge in [0.1, 0.15) is 11.6 Å². The lowest BCUT2D eigenvalue weighted by Crippen LogP contribution is -2.31. The van der Waals surface area contributed by atoms with E-state index in [0.717, 1.165) is 21.3 Å². The first-order valence-corrected chi connectivity index (χ1v) is 10.8. The van der Waals surface area contributed by atoms with Gasteiger partial charge in [0.05, 0.1) is 6.61 Å². The van der Waals surface area contributed by atoms with E-state index >= 15 is 0 Å². The molecular weight excluding hydrogens is 502 g/mol. The number of aromatic nitrogens is 4. The van der Waals surface area contributed by atoms with E-state index in [1.54, 1.807) is 4.57 Å².